The van der Waals surface area contributed by atoms with E-state index in [0.717, 1.165) is 32.5 Å². The predicted molar refractivity (Wildman–Crippen MR) is 90.5 cm³/mol. The molecule has 2 amide bonds. The zero-order valence-electron chi connectivity index (χ0n) is 15.4. The lowest BCUT2D eigenvalue weighted by molar-refractivity contribution is -0.171. The molecule has 0 aromatic carbocycles. The molecule has 2 aliphatic carbocycles. The summed E-state index contributed by atoms with van der Waals surface area (Å²) < 4.78 is 5.21. The molecule has 0 N–H and O–H groups in total. The Morgan fingerprint density at radius 3 is 2.44 bits per heavy atom. The Bertz CT molecular complexity index is 544. The van der Waals surface area contributed by atoms with Crippen LogP contribution in [0.3, 0.4) is 0 Å². The quantitative estimate of drug-likeness (QED) is 0.712. The maximum atomic E-state index is 12.3. The van der Waals surface area contributed by atoms with Crippen molar-refractivity contribution in [1.29, 1.82) is 0 Å². The molecule has 140 valence electrons. The topological polar surface area (TPSA) is 62.3 Å². The first kappa shape index (κ1) is 17.1. The van der Waals surface area contributed by atoms with Crippen LogP contribution in [-0.2, 0) is 14.4 Å². The smallest absolute Gasteiger partial charge is 0.410 e. The Hall–Kier alpha value is -1.34. The minimum atomic E-state index is -0.145. The molecule has 7 nitrogen and oxygen atoms in total. The summed E-state index contributed by atoms with van der Waals surface area (Å²) in [4.78, 5) is 34.0. The zero-order valence-corrected chi connectivity index (χ0v) is 15.4. The van der Waals surface area contributed by atoms with E-state index in [1.54, 1.807) is 7.05 Å². The predicted octanol–water partition coefficient (Wildman–Crippen LogP) is 1.19. The van der Waals surface area contributed by atoms with Crippen molar-refractivity contribution >= 4 is 12.0 Å². The maximum absolute atomic E-state index is 12.3. The number of carbonyl (C=O) groups is 2. The summed E-state index contributed by atoms with van der Waals surface area (Å²) in [5.41, 5.74) is 0. The lowest BCUT2D eigenvalue weighted by atomic mass is 9.75. The first-order chi connectivity index (χ1) is 12.0. The second-order valence-electron chi connectivity index (χ2n) is 7.97. The van der Waals surface area contributed by atoms with Crippen molar-refractivity contribution in [1.82, 2.24) is 14.9 Å². The summed E-state index contributed by atoms with van der Waals surface area (Å²) in [5.74, 6) is 1.80. The standard InChI is InChI=1S/C18H29N3O4/c1-4-25-18(23)21-8-11-5-6-12(21)7-15(11)20-9-13-14(10-20)16(13)17(22)19(2)24-3/h11-16H,4-10H2,1-3H3/t11?,12?,13-,14+,15?,16-. The van der Waals surface area contributed by atoms with Crippen LogP contribution < -0.4 is 0 Å². The van der Waals surface area contributed by atoms with E-state index in [2.05, 4.69) is 4.90 Å². The Morgan fingerprint density at radius 1 is 1.16 bits per heavy atom. The van der Waals surface area contributed by atoms with E-state index in [4.69, 9.17) is 9.57 Å². The van der Waals surface area contributed by atoms with E-state index in [0.29, 0.717) is 36.4 Å². The molecule has 3 heterocycles. The van der Waals surface area contributed by atoms with Crippen LogP contribution in [0.25, 0.3) is 0 Å². The van der Waals surface area contributed by atoms with Crippen molar-refractivity contribution in [3.8, 4) is 0 Å². The number of hydrogen-bond donors (Lipinski definition) is 0. The van der Waals surface area contributed by atoms with Gasteiger partial charge in [-0.1, -0.05) is 0 Å². The van der Waals surface area contributed by atoms with Crippen LogP contribution in [-0.4, -0.2) is 79.3 Å². The average molecular weight is 351 g/mol. The molecular weight excluding hydrogens is 322 g/mol. The SMILES string of the molecule is CCOC(=O)N1CC2CCC1CC2N1C[C@@H]2[C@H](C1)[C@@H]2C(=O)N(C)OC. The molecule has 25 heavy (non-hydrogen) atoms. The second kappa shape index (κ2) is 6.43. The van der Waals surface area contributed by atoms with E-state index < -0.39 is 0 Å². The Kier molecular flexibility index (Phi) is 4.40. The highest BCUT2D eigenvalue weighted by Gasteiger charge is 2.62. The number of hydroxylamine groups is 2. The van der Waals surface area contributed by atoms with Crippen LogP contribution in [0.4, 0.5) is 4.79 Å². The molecule has 5 aliphatic rings. The van der Waals surface area contributed by atoms with Gasteiger partial charge in [0.05, 0.1) is 13.7 Å². The third-order valence-electron chi connectivity index (χ3n) is 6.86. The van der Waals surface area contributed by atoms with Gasteiger partial charge in [-0.25, -0.2) is 9.86 Å². The molecule has 5 rings (SSSR count). The van der Waals surface area contributed by atoms with Crippen LogP contribution in [0, 0.1) is 23.7 Å². The normalized spacial score (nSPS) is 39.2. The van der Waals surface area contributed by atoms with Gasteiger partial charge in [0.1, 0.15) is 0 Å². The van der Waals surface area contributed by atoms with E-state index in [1.807, 2.05) is 11.8 Å². The Labute approximate surface area is 149 Å². The molecule has 3 unspecified atom stereocenters. The van der Waals surface area contributed by atoms with Gasteiger partial charge in [0.15, 0.2) is 0 Å². The van der Waals surface area contributed by atoms with Crippen LogP contribution in [0.15, 0.2) is 0 Å². The highest BCUT2D eigenvalue weighted by Crippen LogP contribution is 2.54. The van der Waals surface area contributed by atoms with Gasteiger partial charge in [-0.2, -0.15) is 0 Å². The lowest BCUT2D eigenvalue weighted by Crippen LogP contribution is -2.60. The molecule has 7 heteroatoms. The monoisotopic (exact) mass is 351 g/mol. The largest absolute Gasteiger partial charge is 0.450 e. The van der Waals surface area contributed by atoms with Crippen molar-refractivity contribution in [3.05, 3.63) is 0 Å². The van der Waals surface area contributed by atoms with Gasteiger partial charge >= 0.3 is 6.09 Å². The van der Waals surface area contributed by atoms with Crippen molar-refractivity contribution in [2.45, 2.75) is 38.3 Å². The average Bonchev–Trinajstić information content (AvgIpc) is 3.13. The minimum absolute atomic E-state index is 0.121. The fourth-order valence-electron chi connectivity index (χ4n) is 5.46. The summed E-state index contributed by atoms with van der Waals surface area (Å²) in [6, 6.07) is 0.885. The third-order valence-corrected chi connectivity index (χ3v) is 6.86. The fourth-order valence-corrected chi connectivity index (χ4v) is 5.46. The van der Waals surface area contributed by atoms with Crippen molar-refractivity contribution in [2.75, 3.05) is 40.4 Å². The molecule has 5 fully saturated rings. The van der Waals surface area contributed by atoms with Gasteiger partial charge in [-0.15, -0.1) is 0 Å². The number of likely N-dealkylation sites (tertiary alicyclic amines) is 1. The molecule has 0 aromatic rings. The number of ether oxygens (including phenoxy) is 1. The zero-order chi connectivity index (χ0) is 17.7. The number of carbonyl (C=O) groups excluding carboxylic acids is 2. The third kappa shape index (κ3) is 2.81. The number of nitrogens with zero attached hydrogens (tertiary/aromatic N) is 3. The summed E-state index contributed by atoms with van der Waals surface area (Å²) in [7, 11) is 3.23. The second-order valence-corrected chi connectivity index (χ2v) is 7.97. The van der Waals surface area contributed by atoms with Crippen molar-refractivity contribution in [2.24, 2.45) is 23.7 Å². The number of hydrogen-bond acceptors (Lipinski definition) is 5. The number of rotatable bonds is 4. The summed E-state index contributed by atoms with van der Waals surface area (Å²) in [6.45, 7) is 5.17. The Morgan fingerprint density at radius 2 is 1.88 bits per heavy atom. The molecule has 0 radical (unpaired) electrons. The van der Waals surface area contributed by atoms with Crippen LogP contribution in [0.2, 0.25) is 0 Å². The fraction of sp³-hybridized carbons (Fsp3) is 0.889. The number of fused-ring (bicyclic) bond motifs is 4. The number of piperidine rings is 3. The van der Waals surface area contributed by atoms with Crippen LogP contribution >= 0.6 is 0 Å². The van der Waals surface area contributed by atoms with Crippen molar-refractivity contribution < 1.29 is 19.2 Å². The summed E-state index contributed by atoms with van der Waals surface area (Å²) >= 11 is 0. The van der Waals surface area contributed by atoms with E-state index in [9.17, 15) is 9.59 Å². The molecule has 2 bridgehead atoms. The lowest BCUT2D eigenvalue weighted by Gasteiger charge is -2.51. The highest BCUT2D eigenvalue weighted by atomic mass is 16.7. The summed E-state index contributed by atoms with van der Waals surface area (Å²) in [6.07, 6.45) is 3.21. The van der Waals surface area contributed by atoms with E-state index >= 15 is 0 Å². The molecular formula is C18H29N3O4. The highest BCUT2D eigenvalue weighted by molar-refractivity contribution is 5.81. The van der Waals surface area contributed by atoms with Gasteiger partial charge in [0.25, 0.3) is 0 Å². The van der Waals surface area contributed by atoms with Crippen molar-refractivity contribution in [3.63, 3.8) is 0 Å². The maximum Gasteiger partial charge on any atom is 0.410 e. The molecule has 3 saturated heterocycles. The van der Waals surface area contributed by atoms with Gasteiger partial charge in [-0.05, 0) is 43.9 Å². The molecule has 0 spiro atoms. The first-order valence-corrected chi connectivity index (χ1v) is 9.54. The van der Waals surface area contributed by atoms with Gasteiger partial charge in [0.2, 0.25) is 5.91 Å². The van der Waals surface area contributed by atoms with Gasteiger partial charge < -0.3 is 9.64 Å². The molecule has 3 aliphatic heterocycles. The van der Waals surface area contributed by atoms with E-state index in [-0.39, 0.29) is 17.9 Å². The van der Waals surface area contributed by atoms with E-state index in [1.165, 1.54) is 18.6 Å². The first-order valence-electron chi connectivity index (χ1n) is 9.54. The molecule has 0 aromatic heterocycles. The number of amides is 2. The molecule has 2 saturated carbocycles. The minimum Gasteiger partial charge on any atom is -0.450 e. The van der Waals surface area contributed by atoms with Crippen LogP contribution in [0.1, 0.15) is 26.2 Å². The molecule has 6 atom stereocenters. The van der Waals surface area contributed by atoms with Gasteiger partial charge in [0, 0.05) is 44.7 Å². The van der Waals surface area contributed by atoms with Gasteiger partial charge in [-0.3, -0.25) is 14.5 Å². The summed E-state index contributed by atoms with van der Waals surface area (Å²) in [5, 5.41) is 1.37. The Balaban J connectivity index is 1.33. The van der Waals surface area contributed by atoms with Crippen LogP contribution in [0.5, 0.6) is 0 Å².